The molecule has 2 aromatic heterocycles. The third kappa shape index (κ3) is 3.62. The number of benzene rings is 1. The molecule has 2 heterocycles. The van der Waals surface area contributed by atoms with Crippen molar-refractivity contribution in [3.63, 3.8) is 0 Å². The van der Waals surface area contributed by atoms with E-state index in [-0.39, 0.29) is 5.91 Å². The molecule has 0 aliphatic carbocycles. The molecule has 0 aliphatic heterocycles. The van der Waals surface area contributed by atoms with Gasteiger partial charge in [-0.05, 0) is 49.4 Å². The smallest absolute Gasteiger partial charge is 0.225 e. The van der Waals surface area contributed by atoms with E-state index >= 15 is 0 Å². The number of para-hydroxylation sites is 1. The summed E-state index contributed by atoms with van der Waals surface area (Å²) in [5.41, 5.74) is 4.58. The molecule has 126 valence electrons. The van der Waals surface area contributed by atoms with Crippen LogP contribution in [0, 0.1) is 25.2 Å². The summed E-state index contributed by atoms with van der Waals surface area (Å²) in [5.74, 6) is -0.0924. The number of anilines is 1. The number of hydrogen-bond acceptors (Lipinski definition) is 4. The summed E-state index contributed by atoms with van der Waals surface area (Å²) < 4.78 is 1.91. The Hall–Kier alpha value is -2.91. The van der Waals surface area contributed by atoms with Gasteiger partial charge in [0.25, 0.3) is 0 Å². The Labute approximate surface area is 150 Å². The zero-order valence-electron chi connectivity index (χ0n) is 14.1. The van der Waals surface area contributed by atoms with E-state index < -0.39 is 0 Å². The largest absolute Gasteiger partial charge is 0.317 e. The van der Waals surface area contributed by atoms with Crippen molar-refractivity contribution in [2.75, 3.05) is 5.32 Å². The Bertz CT molecular complexity index is 934. The van der Waals surface area contributed by atoms with Crippen molar-refractivity contribution in [1.82, 2.24) is 9.78 Å². The van der Waals surface area contributed by atoms with Crippen LogP contribution < -0.4 is 5.32 Å². The first kappa shape index (κ1) is 16.9. The lowest BCUT2D eigenvalue weighted by Crippen LogP contribution is -2.12. The molecule has 0 atom stereocenters. The van der Waals surface area contributed by atoms with Crippen molar-refractivity contribution < 1.29 is 4.79 Å². The third-order valence-corrected chi connectivity index (χ3v) is 4.91. The average Bonchev–Trinajstić information content (AvgIpc) is 3.18. The molecule has 1 aromatic carbocycles. The topological polar surface area (TPSA) is 70.7 Å². The molecule has 6 heteroatoms. The van der Waals surface area contributed by atoms with Crippen molar-refractivity contribution in [1.29, 1.82) is 5.26 Å². The number of aryl methyl sites for hydroxylation is 1. The molecule has 0 bridgehead atoms. The fourth-order valence-electron chi connectivity index (χ4n) is 2.78. The number of carbonyl (C=O) groups is 1. The van der Waals surface area contributed by atoms with Gasteiger partial charge < -0.3 is 5.32 Å². The molecule has 0 saturated heterocycles. The van der Waals surface area contributed by atoms with E-state index in [1.165, 1.54) is 11.3 Å². The number of aromatic nitrogens is 2. The number of carbonyl (C=O) groups excluding carboxylic acids is 1. The molecule has 25 heavy (non-hydrogen) atoms. The lowest BCUT2D eigenvalue weighted by molar-refractivity contribution is -0.116. The minimum absolute atomic E-state index is 0.0924. The van der Waals surface area contributed by atoms with Crippen LogP contribution in [0.25, 0.3) is 5.69 Å². The molecule has 0 fully saturated rings. The second-order valence-electron chi connectivity index (χ2n) is 5.72. The zero-order valence-corrected chi connectivity index (χ0v) is 14.9. The van der Waals surface area contributed by atoms with Crippen molar-refractivity contribution >= 4 is 22.2 Å². The highest BCUT2D eigenvalue weighted by Crippen LogP contribution is 2.23. The van der Waals surface area contributed by atoms with Crippen molar-refractivity contribution in [2.24, 2.45) is 0 Å². The minimum atomic E-state index is -0.0924. The number of rotatable bonds is 5. The molecule has 1 N–H and O–H groups in total. The Morgan fingerprint density at radius 3 is 2.76 bits per heavy atom. The predicted octanol–water partition coefficient (Wildman–Crippen LogP) is 3.99. The average molecular weight is 350 g/mol. The van der Waals surface area contributed by atoms with Gasteiger partial charge in [0.1, 0.15) is 11.1 Å². The summed E-state index contributed by atoms with van der Waals surface area (Å²) in [5, 5.41) is 18.8. The Morgan fingerprint density at radius 2 is 2.04 bits per heavy atom. The lowest BCUT2D eigenvalue weighted by Gasteiger charge is -2.06. The third-order valence-electron chi connectivity index (χ3n) is 4.08. The monoisotopic (exact) mass is 350 g/mol. The van der Waals surface area contributed by atoms with E-state index in [0.29, 0.717) is 23.4 Å². The van der Waals surface area contributed by atoms with Crippen LogP contribution in [-0.2, 0) is 11.2 Å². The quantitative estimate of drug-likeness (QED) is 0.756. The van der Waals surface area contributed by atoms with E-state index in [1.807, 2.05) is 48.9 Å². The molecule has 0 radical (unpaired) electrons. The second kappa shape index (κ2) is 7.32. The minimum Gasteiger partial charge on any atom is -0.317 e. The molecule has 0 spiro atoms. The van der Waals surface area contributed by atoms with Crippen molar-refractivity contribution in [2.45, 2.75) is 26.7 Å². The highest BCUT2D eigenvalue weighted by molar-refractivity contribution is 7.14. The summed E-state index contributed by atoms with van der Waals surface area (Å²) in [7, 11) is 0. The first-order chi connectivity index (χ1) is 12.1. The fourth-order valence-corrected chi connectivity index (χ4v) is 3.53. The highest BCUT2D eigenvalue weighted by atomic mass is 32.1. The summed E-state index contributed by atoms with van der Waals surface area (Å²) in [6, 6.07) is 13.7. The number of nitrogens with zero attached hydrogens (tertiary/aromatic N) is 3. The molecular weight excluding hydrogens is 332 g/mol. The summed E-state index contributed by atoms with van der Waals surface area (Å²) >= 11 is 1.36. The van der Waals surface area contributed by atoms with Crippen LogP contribution in [0.2, 0.25) is 0 Å². The van der Waals surface area contributed by atoms with Gasteiger partial charge in [-0.1, -0.05) is 18.2 Å². The number of nitrogens with one attached hydrogen (secondary N) is 1. The molecule has 5 nitrogen and oxygen atoms in total. The van der Waals surface area contributed by atoms with Gasteiger partial charge in [-0.2, -0.15) is 10.4 Å². The first-order valence-corrected chi connectivity index (χ1v) is 8.86. The molecule has 0 saturated carbocycles. The van der Waals surface area contributed by atoms with Crippen LogP contribution in [0.4, 0.5) is 5.00 Å². The molecule has 0 unspecified atom stereocenters. The lowest BCUT2D eigenvalue weighted by atomic mass is 10.1. The van der Waals surface area contributed by atoms with Crippen LogP contribution in [0.5, 0.6) is 0 Å². The van der Waals surface area contributed by atoms with Crippen molar-refractivity contribution in [3.8, 4) is 11.8 Å². The van der Waals surface area contributed by atoms with Gasteiger partial charge >= 0.3 is 0 Å². The van der Waals surface area contributed by atoms with E-state index in [9.17, 15) is 4.79 Å². The predicted molar refractivity (Wildman–Crippen MR) is 99.0 cm³/mol. The number of hydrogen-bond donors (Lipinski definition) is 1. The summed E-state index contributed by atoms with van der Waals surface area (Å²) in [4.78, 5) is 12.2. The van der Waals surface area contributed by atoms with Crippen LogP contribution in [-0.4, -0.2) is 15.7 Å². The zero-order chi connectivity index (χ0) is 17.8. The number of nitriles is 1. The van der Waals surface area contributed by atoms with Gasteiger partial charge in [0.05, 0.1) is 16.9 Å². The van der Waals surface area contributed by atoms with Gasteiger partial charge in [0.2, 0.25) is 5.91 Å². The highest BCUT2D eigenvalue weighted by Gasteiger charge is 2.15. The standard InChI is InChI=1S/C19H18N4OS/c1-13-17(14(2)23(22-13)16-6-4-3-5-7-16)8-9-18(24)21-19-15(12-20)10-11-25-19/h3-7,10-11H,8-9H2,1-2H3,(H,21,24). The summed E-state index contributed by atoms with van der Waals surface area (Å²) in [6.07, 6.45) is 0.967. The van der Waals surface area contributed by atoms with E-state index in [0.717, 1.165) is 22.6 Å². The van der Waals surface area contributed by atoms with Crippen LogP contribution >= 0.6 is 11.3 Å². The maximum atomic E-state index is 12.2. The molecular formula is C19H18N4OS. The van der Waals surface area contributed by atoms with Gasteiger partial charge in [-0.25, -0.2) is 4.68 Å². The second-order valence-corrected chi connectivity index (χ2v) is 6.64. The summed E-state index contributed by atoms with van der Waals surface area (Å²) in [6.45, 7) is 3.99. The van der Waals surface area contributed by atoms with Gasteiger partial charge in [-0.15, -0.1) is 11.3 Å². The maximum absolute atomic E-state index is 12.2. The number of amides is 1. The maximum Gasteiger partial charge on any atom is 0.225 e. The van der Waals surface area contributed by atoms with E-state index in [2.05, 4.69) is 16.5 Å². The normalized spacial score (nSPS) is 10.4. The van der Waals surface area contributed by atoms with Crippen LogP contribution in [0.1, 0.15) is 28.9 Å². The molecule has 3 rings (SSSR count). The molecule has 3 aromatic rings. The fraction of sp³-hybridized carbons (Fsp3) is 0.211. The van der Waals surface area contributed by atoms with Gasteiger partial charge in [0.15, 0.2) is 0 Å². The first-order valence-electron chi connectivity index (χ1n) is 7.98. The van der Waals surface area contributed by atoms with Crippen LogP contribution in [0.15, 0.2) is 41.8 Å². The van der Waals surface area contributed by atoms with Crippen molar-refractivity contribution in [3.05, 3.63) is 64.3 Å². The van der Waals surface area contributed by atoms with E-state index in [4.69, 9.17) is 5.26 Å². The SMILES string of the molecule is Cc1nn(-c2ccccc2)c(C)c1CCC(=O)Nc1sccc1C#N. The van der Waals surface area contributed by atoms with Gasteiger partial charge in [-0.3, -0.25) is 4.79 Å². The van der Waals surface area contributed by atoms with E-state index in [1.54, 1.807) is 11.4 Å². The Kier molecular flexibility index (Phi) is 4.96. The molecule has 0 aliphatic rings. The Morgan fingerprint density at radius 1 is 1.28 bits per heavy atom. The van der Waals surface area contributed by atoms with Crippen LogP contribution in [0.3, 0.4) is 0 Å². The number of thiophene rings is 1. The molecule has 1 amide bonds. The van der Waals surface area contributed by atoms with Gasteiger partial charge in [0, 0.05) is 12.1 Å². The Balaban J connectivity index is 1.71.